The highest BCUT2D eigenvalue weighted by molar-refractivity contribution is 7.13. The molecule has 3 aromatic rings. The van der Waals surface area contributed by atoms with Crippen LogP contribution in [-0.2, 0) is 4.79 Å². The second-order valence-corrected chi connectivity index (χ2v) is 8.04. The summed E-state index contributed by atoms with van der Waals surface area (Å²) in [6.07, 6.45) is 6.56. The lowest BCUT2D eigenvalue weighted by atomic mass is 10.1. The zero-order valence-electron chi connectivity index (χ0n) is 17.7. The molecule has 0 aliphatic rings. The Bertz CT molecular complexity index is 916. The van der Waals surface area contributed by atoms with E-state index in [0.717, 1.165) is 40.6 Å². The normalized spacial score (nSPS) is 10.7. The Morgan fingerprint density at radius 3 is 2.23 bits per heavy atom. The molecule has 0 atom stereocenters. The molecule has 0 spiro atoms. The molecule has 158 valence electrons. The molecule has 0 saturated heterocycles. The third-order valence-corrected chi connectivity index (χ3v) is 5.68. The van der Waals surface area contributed by atoms with E-state index in [2.05, 4.69) is 19.1 Å². The van der Waals surface area contributed by atoms with Gasteiger partial charge in [0.2, 0.25) is 0 Å². The van der Waals surface area contributed by atoms with E-state index in [9.17, 15) is 4.79 Å². The number of thiazole rings is 1. The zero-order valence-corrected chi connectivity index (χ0v) is 18.5. The van der Waals surface area contributed by atoms with Gasteiger partial charge in [0.25, 0.3) is 0 Å². The number of rotatable bonds is 11. The fourth-order valence-corrected chi connectivity index (χ4v) is 3.86. The number of ether oxygens (including phenoxy) is 2. The van der Waals surface area contributed by atoms with Gasteiger partial charge in [0, 0.05) is 22.9 Å². The SMILES string of the molecule is CCCCCCCOc1ccc(-c2nc(-c3ccc(OC(=O)CC)cc3)cs2)cc1. The smallest absolute Gasteiger partial charge is 0.310 e. The van der Waals surface area contributed by atoms with Crippen molar-refractivity contribution in [2.75, 3.05) is 6.61 Å². The van der Waals surface area contributed by atoms with Gasteiger partial charge in [-0.25, -0.2) is 4.98 Å². The van der Waals surface area contributed by atoms with Crippen LogP contribution in [0.2, 0.25) is 0 Å². The third kappa shape index (κ3) is 6.42. The van der Waals surface area contributed by atoms with Crippen molar-refractivity contribution >= 4 is 17.3 Å². The first-order valence-corrected chi connectivity index (χ1v) is 11.6. The molecule has 0 amide bonds. The molecule has 1 heterocycles. The monoisotopic (exact) mass is 423 g/mol. The van der Waals surface area contributed by atoms with Gasteiger partial charge in [-0.2, -0.15) is 0 Å². The van der Waals surface area contributed by atoms with Crippen LogP contribution in [-0.4, -0.2) is 17.6 Å². The van der Waals surface area contributed by atoms with Crippen LogP contribution in [0.4, 0.5) is 0 Å². The summed E-state index contributed by atoms with van der Waals surface area (Å²) in [5.41, 5.74) is 2.99. The molecule has 4 nitrogen and oxygen atoms in total. The van der Waals surface area contributed by atoms with Gasteiger partial charge in [0.1, 0.15) is 16.5 Å². The van der Waals surface area contributed by atoms with Crippen LogP contribution >= 0.6 is 11.3 Å². The van der Waals surface area contributed by atoms with Crippen molar-refractivity contribution < 1.29 is 14.3 Å². The first-order chi connectivity index (χ1) is 14.7. The molecule has 30 heavy (non-hydrogen) atoms. The van der Waals surface area contributed by atoms with Crippen LogP contribution in [0.3, 0.4) is 0 Å². The number of aromatic nitrogens is 1. The standard InChI is InChI=1S/C25H29NO3S/c1-3-5-6-7-8-17-28-21-13-11-20(12-14-21)25-26-23(18-30-25)19-9-15-22(16-10-19)29-24(27)4-2/h9-16,18H,3-8,17H2,1-2H3. The Balaban J connectivity index is 1.56. The summed E-state index contributed by atoms with van der Waals surface area (Å²) in [6, 6.07) is 15.6. The van der Waals surface area contributed by atoms with Crippen molar-refractivity contribution in [3.63, 3.8) is 0 Å². The molecule has 3 rings (SSSR count). The van der Waals surface area contributed by atoms with Crippen LogP contribution in [0.25, 0.3) is 21.8 Å². The highest BCUT2D eigenvalue weighted by Gasteiger charge is 2.08. The van der Waals surface area contributed by atoms with E-state index in [1.54, 1.807) is 30.4 Å². The average molecular weight is 424 g/mol. The van der Waals surface area contributed by atoms with Crippen molar-refractivity contribution in [2.45, 2.75) is 52.4 Å². The number of esters is 1. The van der Waals surface area contributed by atoms with E-state index in [1.165, 1.54) is 25.7 Å². The number of hydrogen-bond donors (Lipinski definition) is 0. The minimum Gasteiger partial charge on any atom is -0.494 e. The zero-order chi connectivity index (χ0) is 21.2. The highest BCUT2D eigenvalue weighted by atomic mass is 32.1. The fraction of sp³-hybridized carbons (Fsp3) is 0.360. The van der Waals surface area contributed by atoms with Gasteiger partial charge in [0.05, 0.1) is 12.3 Å². The molecule has 5 heteroatoms. The van der Waals surface area contributed by atoms with Crippen LogP contribution < -0.4 is 9.47 Å². The first kappa shape index (κ1) is 22.0. The van der Waals surface area contributed by atoms with E-state index >= 15 is 0 Å². The van der Waals surface area contributed by atoms with Gasteiger partial charge in [-0.1, -0.05) is 39.5 Å². The number of benzene rings is 2. The minimum atomic E-state index is -0.234. The third-order valence-electron chi connectivity index (χ3n) is 4.79. The summed E-state index contributed by atoms with van der Waals surface area (Å²) in [7, 11) is 0. The quantitative estimate of drug-likeness (QED) is 0.187. The molecular weight excluding hydrogens is 394 g/mol. The van der Waals surface area contributed by atoms with Crippen LogP contribution in [0.1, 0.15) is 52.4 Å². The summed E-state index contributed by atoms with van der Waals surface area (Å²) in [5.74, 6) is 1.23. The summed E-state index contributed by atoms with van der Waals surface area (Å²) in [6.45, 7) is 4.78. The lowest BCUT2D eigenvalue weighted by molar-refractivity contribution is -0.134. The van der Waals surface area contributed by atoms with E-state index in [0.29, 0.717) is 12.2 Å². The van der Waals surface area contributed by atoms with Crippen molar-refractivity contribution in [1.29, 1.82) is 0 Å². The topological polar surface area (TPSA) is 48.4 Å². The molecule has 0 aliphatic heterocycles. The van der Waals surface area contributed by atoms with Crippen LogP contribution in [0.5, 0.6) is 11.5 Å². The number of hydrogen-bond acceptors (Lipinski definition) is 5. The van der Waals surface area contributed by atoms with E-state index in [1.807, 2.05) is 29.6 Å². The minimum absolute atomic E-state index is 0.234. The van der Waals surface area contributed by atoms with E-state index in [-0.39, 0.29) is 5.97 Å². The Hall–Kier alpha value is -2.66. The van der Waals surface area contributed by atoms with Crippen LogP contribution in [0.15, 0.2) is 53.9 Å². The Morgan fingerprint density at radius 2 is 1.53 bits per heavy atom. The van der Waals surface area contributed by atoms with Gasteiger partial charge in [-0.15, -0.1) is 11.3 Å². The molecule has 0 saturated carbocycles. The summed E-state index contributed by atoms with van der Waals surface area (Å²) in [4.78, 5) is 16.2. The number of nitrogens with zero attached hydrogens (tertiary/aromatic N) is 1. The molecule has 0 fully saturated rings. The van der Waals surface area contributed by atoms with Crippen molar-refractivity contribution in [3.8, 4) is 33.3 Å². The average Bonchev–Trinajstić information content (AvgIpc) is 3.27. The summed E-state index contributed by atoms with van der Waals surface area (Å²) >= 11 is 1.61. The number of carbonyl (C=O) groups is 1. The van der Waals surface area contributed by atoms with Gasteiger partial charge < -0.3 is 9.47 Å². The molecule has 1 aromatic heterocycles. The number of unbranched alkanes of at least 4 members (excludes halogenated alkanes) is 4. The van der Waals surface area contributed by atoms with E-state index in [4.69, 9.17) is 14.5 Å². The molecule has 2 aromatic carbocycles. The second kappa shape index (κ2) is 11.5. The Kier molecular flexibility index (Phi) is 8.45. The van der Waals surface area contributed by atoms with Crippen molar-refractivity contribution in [1.82, 2.24) is 4.98 Å². The van der Waals surface area contributed by atoms with Gasteiger partial charge in [-0.05, 0) is 55.0 Å². The molecule has 0 unspecified atom stereocenters. The predicted octanol–water partition coefficient (Wildman–Crippen LogP) is 7.14. The molecule has 0 radical (unpaired) electrons. The maximum absolute atomic E-state index is 11.4. The van der Waals surface area contributed by atoms with Crippen LogP contribution in [0, 0.1) is 0 Å². The number of carbonyl (C=O) groups excluding carboxylic acids is 1. The van der Waals surface area contributed by atoms with Crippen molar-refractivity contribution in [2.24, 2.45) is 0 Å². The highest BCUT2D eigenvalue weighted by Crippen LogP contribution is 2.30. The first-order valence-electron chi connectivity index (χ1n) is 10.7. The maximum atomic E-state index is 11.4. The fourth-order valence-electron chi connectivity index (χ4n) is 3.03. The maximum Gasteiger partial charge on any atom is 0.310 e. The molecular formula is C25H29NO3S. The van der Waals surface area contributed by atoms with Crippen molar-refractivity contribution in [3.05, 3.63) is 53.9 Å². The van der Waals surface area contributed by atoms with Gasteiger partial charge in [0.15, 0.2) is 0 Å². The van der Waals surface area contributed by atoms with Gasteiger partial charge in [-0.3, -0.25) is 4.79 Å². The molecule has 0 N–H and O–H groups in total. The lowest BCUT2D eigenvalue weighted by Crippen LogP contribution is -2.05. The largest absolute Gasteiger partial charge is 0.494 e. The lowest BCUT2D eigenvalue weighted by Gasteiger charge is -2.06. The Labute approximate surface area is 182 Å². The molecule has 0 bridgehead atoms. The predicted molar refractivity (Wildman–Crippen MR) is 123 cm³/mol. The molecule has 0 aliphatic carbocycles. The summed E-state index contributed by atoms with van der Waals surface area (Å²) in [5, 5.41) is 3.01. The Morgan fingerprint density at radius 1 is 0.867 bits per heavy atom. The van der Waals surface area contributed by atoms with Gasteiger partial charge >= 0.3 is 5.97 Å². The second-order valence-electron chi connectivity index (χ2n) is 7.18. The van der Waals surface area contributed by atoms with E-state index < -0.39 is 0 Å². The summed E-state index contributed by atoms with van der Waals surface area (Å²) < 4.78 is 11.1.